The van der Waals surface area contributed by atoms with Gasteiger partial charge in [0.1, 0.15) is 10.4 Å². The lowest BCUT2D eigenvalue weighted by atomic mass is 10.0. The number of hydrogen-bond donors (Lipinski definition) is 0. The Morgan fingerprint density at radius 1 is 1.47 bits per heavy atom. The van der Waals surface area contributed by atoms with E-state index in [0.29, 0.717) is 0 Å². The molecule has 19 heavy (non-hydrogen) atoms. The number of thiazole rings is 1. The highest BCUT2D eigenvalue weighted by Gasteiger charge is 2.54. The van der Waals surface area contributed by atoms with E-state index < -0.39 is 5.41 Å². The number of hydrogen-bond acceptors (Lipinski definition) is 4. The highest BCUT2D eigenvalue weighted by atomic mass is 79.9. The molecule has 1 fully saturated rings. The van der Waals surface area contributed by atoms with Crippen LogP contribution in [0.25, 0.3) is 10.6 Å². The number of aromatic nitrogens is 1. The molecular formula is C14H12BrNO2S. The SMILES string of the molecule is COC(=O)C1(c2csc(-c3cccc(Br)c3)n2)CC1. The molecule has 0 unspecified atom stereocenters. The fourth-order valence-corrected chi connectivity index (χ4v) is 3.45. The van der Waals surface area contributed by atoms with Gasteiger partial charge in [-0.2, -0.15) is 0 Å². The Hall–Kier alpha value is -1.20. The van der Waals surface area contributed by atoms with Gasteiger partial charge in [-0.15, -0.1) is 11.3 Å². The Morgan fingerprint density at radius 2 is 2.26 bits per heavy atom. The van der Waals surface area contributed by atoms with Crippen molar-refractivity contribution < 1.29 is 9.53 Å². The molecule has 0 saturated heterocycles. The van der Waals surface area contributed by atoms with Gasteiger partial charge in [0.25, 0.3) is 0 Å². The molecule has 0 amide bonds. The number of carbonyl (C=O) groups excluding carboxylic acids is 1. The average molecular weight is 338 g/mol. The summed E-state index contributed by atoms with van der Waals surface area (Å²) in [6, 6.07) is 8.01. The third-order valence-corrected chi connectivity index (χ3v) is 4.78. The lowest BCUT2D eigenvalue weighted by Crippen LogP contribution is -2.22. The molecule has 1 aromatic carbocycles. The molecule has 1 aliphatic rings. The van der Waals surface area contributed by atoms with Crippen molar-refractivity contribution in [3.05, 3.63) is 39.8 Å². The van der Waals surface area contributed by atoms with Crippen molar-refractivity contribution in [2.45, 2.75) is 18.3 Å². The van der Waals surface area contributed by atoms with E-state index in [1.807, 2.05) is 29.6 Å². The van der Waals surface area contributed by atoms with E-state index in [0.717, 1.165) is 33.6 Å². The van der Waals surface area contributed by atoms with Crippen LogP contribution in [0.3, 0.4) is 0 Å². The Morgan fingerprint density at radius 3 is 2.89 bits per heavy atom. The molecule has 98 valence electrons. The van der Waals surface area contributed by atoms with E-state index in [-0.39, 0.29) is 5.97 Å². The lowest BCUT2D eigenvalue weighted by molar-refractivity contribution is -0.143. The van der Waals surface area contributed by atoms with E-state index in [9.17, 15) is 4.79 Å². The minimum Gasteiger partial charge on any atom is -0.468 e. The fourth-order valence-electron chi connectivity index (χ4n) is 2.13. The quantitative estimate of drug-likeness (QED) is 0.800. The van der Waals surface area contributed by atoms with E-state index in [2.05, 4.69) is 20.9 Å². The molecular weight excluding hydrogens is 326 g/mol. The van der Waals surface area contributed by atoms with Gasteiger partial charge in [0, 0.05) is 15.4 Å². The van der Waals surface area contributed by atoms with Crippen molar-refractivity contribution in [1.29, 1.82) is 0 Å². The minimum atomic E-state index is -0.477. The van der Waals surface area contributed by atoms with Crippen LogP contribution in [0.5, 0.6) is 0 Å². The van der Waals surface area contributed by atoms with Crippen LogP contribution >= 0.6 is 27.3 Å². The van der Waals surface area contributed by atoms with Crippen LogP contribution in [-0.4, -0.2) is 18.1 Å². The van der Waals surface area contributed by atoms with Crippen molar-refractivity contribution in [3.8, 4) is 10.6 Å². The zero-order valence-electron chi connectivity index (χ0n) is 10.4. The number of carbonyl (C=O) groups is 1. The summed E-state index contributed by atoms with van der Waals surface area (Å²) in [7, 11) is 1.43. The maximum Gasteiger partial charge on any atom is 0.317 e. The standard InChI is InChI=1S/C14H12BrNO2S/c1-18-13(17)14(5-6-14)11-8-19-12(16-11)9-3-2-4-10(15)7-9/h2-4,7-8H,5-6H2,1H3. The van der Waals surface area contributed by atoms with Crippen molar-refractivity contribution in [2.75, 3.05) is 7.11 Å². The largest absolute Gasteiger partial charge is 0.468 e. The van der Waals surface area contributed by atoms with Crippen LogP contribution in [0.2, 0.25) is 0 Å². The van der Waals surface area contributed by atoms with Gasteiger partial charge in [0.15, 0.2) is 0 Å². The van der Waals surface area contributed by atoms with E-state index in [1.54, 1.807) is 11.3 Å². The average Bonchev–Trinajstić information content (AvgIpc) is 3.08. The molecule has 0 aliphatic heterocycles. The summed E-state index contributed by atoms with van der Waals surface area (Å²) < 4.78 is 5.91. The number of benzene rings is 1. The Kier molecular flexibility index (Phi) is 3.19. The van der Waals surface area contributed by atoms with Gasteiger partial charge in [0.05, 0.1) is 12.8 Å². The highest BCUT2D eigenvalue weighted by molar-refractivity contribution is 9.10. The van der Waals surface area contributed by atoms with Crippen molar-refractivity contribution in [2.24, 2.45) is 0 Å². The number of ether oxygens (including phenoxy) is 1. The number of halogens is 1. The zero-order valence-corrected chi connectivity index (χ0v) is 12.8. The first-order chi connectivity index (χ1) is 9.15. The van der Waals surface area contributed by atoms with Gasteiger partial charge < -0.3 is 4.74 Å². The van der Waals surface area contributed by atoms with Gasteiger partial charge in [-0.05, 0) is 25.0 Å². The van der Waals surface area contributed by atoms with Crippen molar-refractivity contribution >= 4 is 33.2 Å². The molecule has 1 heterocycles. The molecule has 0 atom stereocenters. The van der Waals surface area contributed by atoms with Crippen LogP contribution in [0.4, 0.5) is 0 Å². The van der Waals surface area contributed by atoms with Crippen LogP contribution in [0.1, 0.15) is 18.5 Å². The minimum absolute atomic E-state index is 0.168. The summed E-state index contributed by atoms with van der Waals surface area (Å²) in [5.74, 6) is -0.168. The maximum absolute atomic E-state index is 11.8. The molecule has 1 aromatic heterocycles. The monoisotopic (exact) mass is 337 g/mol. The topological polar surface area (TPSA) is 39.2 Å². The highest BCUT2D eigenvalue weighted by Crippen LogP contribution is 2.49. The third-order valence-electron chi connectivity index (χ3n) is 3.39. The van der Waals surface area contributed by atoms with E-state index in [4.69, 9.17) is 4.74 Å². The molecule has 0 N–H and O–H groups in total. The summed E-state index contributed by atoms with van der Waals surface area (Å²) >= 11 is 5.02. The summed E-state index contributed by atoms with van der Waals surface area (Å²) in [5.41, 5.74) is 1.43. The van der Waals surface area contributed by atoms with Gasteiger partial charge in [-0.3, -0.25) is 4.79 Å². The second kappa shape index (κ2) is 4.72. The summed E-state index contributed by atoms with van der Waals surface area (Å²) in [6.45, 7) is 0. The molecule has 3 rings (SSSR count). The molecule has 5 heteroatoms. The second-order valence-corrected chi connectivity index (χ2v) is 6.40. The second-order valence-electron chi connectivity index (χ2n) is 4.62. The number of esters is 1. The van der Waals surface area contributed by atoms with E-state index >= 15 is 0 Å². The van der Waals surface area contributed by atoms with Crippen LogP contribution in [0.15, 0.2) is 34.1 Å². The van der Waals surface area contributed by atoms with Crippen LogP contribution in [-0.2, 0) is 14.9 Å². The summed E-state index contributed by atoms with van der Waals surface area (Å²) in [6.07, 6.45) is 1.67. The molecule has 1 saturated carbocycles. The van der Waals surface area contributed by atoms with Gasteiger partial charge in [-0.1, -0.05) is 28.1 Å². The summed E-state index contributed by atoms with van der Waals surface area (Å²) in [5, 5.41) is 2.91. The molecule has 0 spiro atoms. The Balaban J connectivity index is 1.94. The molecule has 0 bridgehead atoms. The first-order valence-electron chi connectivity index (χ1n) is 5.96. The smallest absolute Gasteiger partial charge is 0.317 e. The van der Waals surface area contributed by atoms with E-state index in [1.165, 1.54) is 7.11 Å². The van der Waals surface area contributed by atoms with Crippen LogP contribution < -0.4 is 0 Å². The number of rotatable bonds is 3. The fraction of sp³-hybridized carbons (Fsp3) is 0.286. The predicted molar refractivity (Wildman–Crippen MR) is 78.2 cm³/mol. The number of nitrogens with zero attached hydrogens (tertiary/aromatic N) is 1. The van der Waals surface area contributed by atoms with Crippen molar-refractivity contribution in [3.63, 3.8) is 0 Å². The normalized spacial score (nSPS) is 16.1. The van der Waals surface area contributed by atoms with Gasteiger partial charge in [0.2, 0.25) is 0 Å². The first-order valence-corrected chi connectivity index (χ1v) is 7.63. The van der Waals surface area contributed by atoms with Crippen LogP contribution in [0, 0.1) is 0 Å². The Bertz CT molecular complexity index is 634. The first kappa shape index (κ1) is 12.8. The van der Waals surface area contributed by atoms with Crippen molar-refractivity contribution in [1.82, 2.24) is 4.98 Å². The number of methoxy groups -OCH3 is 1. The predicted octanol–water partition coefficient (Wildman–Crippen LogP) is 3.78. The molecule has 3 nitrogen and oxygen atoms in total. The zero-order chi connectivity index (χ0) is 13.5. The summed E-state index contributed by atoms with van der Waals surface area (Å²) in [4.78, 5) is 16.5. The molecule has 2 aromatic rings. The van der Waals surface area contributed by atoms with Gasteiger partial charge in [-0.25, -0.2) is 4.98 Å². The third kappa shape index (κ3) is 2.21. The van der Waals surface area contributed by atoms with Gasteiger partial charge >= 0.3 is 5.97 Å². The Labute approximate surface area is 123 Å². The molecule has 0 radical (unpaired) electrons. The molecule has 1 aliphatic carbocycles. The maximum atomic E-state index is 11.8. The lowest BCUT2D eigenvalue weighted by Gasteiger charge is -2.08.